The molecule has 18 atom stereocenters. The van der Waals surface area contributed by atoms with Crippen LogP contribution in [0.3, 0.4) is 0 Å². The summed E-state index contributed by atoms with van der Waals surface area (Å²) in [6.45, 7) is 5.56. The van der Waals surface area contributed by atoms with Crippen molar-refractivity contribution in [2.45, 2.75) is 504 Å². The monoisotopic (exact) mass is 1690 g/mol. The highest BCUT2D eigenvalue weighted by molar-refractivity contribution is 7.47. The van der Waals surface area contributed by atoms with Crippen molar-refractivity contribution in [3.8, 4) is 0 Å². The molecule has 117 heavy (non-hydrogen) atoms. The van der Waals surface area contributed by atoms with Crippen LogP contribution in [0, 0.1) is 0 Å². The lowest BCUT2D eigenvalue weighted by Gasteiger charge is -2.50. The van der Waals surface area contributed by atoms with E-state index in [2.05, 4.69) is 52.0 Å². The average Bonchev–Trinajstić information content (AvgIpc) is 0.754. The van der Waals surface area contributed by atoms with Gasteiger partial charge in [-0.05, 0) is 77.0 Å². The number of carbonyl (C=O) groups is 4. The first kappa shape index (κ1) is 108. The summed E-state index contributed by atoms with van der Waals surface area (Å²) in [5, 5.41) is 102. The molecule has 2 saturated heterocycles. The number of phosphoric acid groups is 1. The molecule has 0 amide bonds. The minimum atomic E-state index is -5.81. The normalized spacial score (nSPS) is 25.1. The number of aliphatic hydroxyl groups is 9. The lowest BCUT2D eigenvalue weighted by atomic mass is 9.84. The smallest absolute Gasteiger partial charge is 0.463 e. The highest BCUT2D eigenvalue weighted by Crippen LogP contribution is 2.49. The maximum absolute atomic E-state index is 14.9. The predicted molar refractivity (Wildman–Crippen MR) is 453 cm³/mol. The van der Waals surface area contributed by atoms with Gasteiger partial charge in [0.15, 0.2) is 24.8 Å². The Bertz CT molecular complexity index is 2530. The number of unbranched alkanes of at least 4 members (excludes halogenated alkanes) is 48. The minimum Gasteiger partial charge on any atom is -0.463 e. The van der Waals surface area contributed by atoms with Crippen molar-refractivity contribution in [2.75, 3.05) is 26.4 Å². The zero-order valence-corrected chi connectivity index (χ0v) is 73.9. The summed E-state index contributed by atoms with van der Waals surface area (Å²) in [7, 11) is -5.81. The number of rotatable bonds is 76. The van der Waals surface area contributed by atoms with Crippen LogP contribution in [0.5, 0.6) is 0 Å². The van der Waals surface area contributed by atoms with E-state index in [9.17, 15) is 74.6 Å². The maximum atomic E-state index is 14.9. The van der Waals surface area contributed by atoms with Crippen molar-refractivity contribution < 1.29 is 122 Å². The van der Waals surface area contributed by atoms with E-state index in [1.54, 1.807) is 0 Å². The molecule has 3 fully saturated rings. The molecule has 0 aromatic rings. The van der Waals surface area contributed by atoms with E-state index in [1.165, 1.54) is 186 Å². The summed E-state index contributed by atoms with van der Waals surface area (Å²) in [5.41, 5.74) is 0. The number of aliphatic hydroxyl groups excluding tert-OH is 9. The van der Waals surface area contributed by atoms with Crippen LogP contribution < -0.4 is 0 Å². The van der Waals surface area contributed by atoms with Crippen LogP contribution in [-0.2, 0) is 70.7 Å². The number of hydrogen-bond donors (Lipinski definition) is 10. The first-order chi connectivity index (χ1) is 56.7. The van der Waals surface area contributed by atoms with Crippen LogP contribution in [0.1, 0.15) is 400 Å². The molecule has 1 aliphatic carbocycles. The van der Waals surface area contributed by atoms with Crippen molar-refractivity contribution in [1.29, 1.82) is 0 Å². The van der Waals surface area contributed by atoms with Crippen LogP contribution in [0.2, 0.25) is 0 Å². The maximum Gasteiger partial charge on any atom is 0.472 e. The summed E-state index contributed by atoms with van der Waals surface area (Å²) >= 11 is 0. The number of esters is 4. The van der Waals surface area contributed by atoms with E-state index in [0.29, 0.717) is 38.5 Å². The summed E-state index contributed by atoms with van der Waals surface area (Å²) in [5.74, 6) is -3.00. The van der Waals surface area contributed by atoms with Gasteiger partial charge in [0.2, 0.25) is 0 Å². The zero-order chi connectivity index (χ0) is 85.4. The Morgan fingerprint density at radius 2 is 0.641 bits per heavy atom. The summed E-state index contributed by atoms with van der Waals surface area (Å²) in [4.78, 5) is 66.4. The Labute approximate surface area is 704 Å². The predicted octanol–water partition coefficient (Wildman–Crippen LogP) is 17.3. The highest BCUT2D eigenvalue weighted by Gasteiger charge is 2.60. The van der Waals surface area contributed by atoms with E-state index in [-0.39, 0.29) is 25.7 Å². The lowest BCUT2D eigenvalue weighted by molar-refractivity contribution is -0.360. The van der Waals surface area contributed by atoms with Gasteiger partial charge in [0, 0.05) is 25.7 Å². The van der Waals surface area contributed by atoms with Gasteiger partial charge in [-0.3, -0.25) is 28.2 Å². The Hall–Kier alpha value is -3.05. The fraction of sp³-hybridized carbons (Fsp3) is 0.912. The van der Waals surface area contributed by atoms with Crippen LogP contribution in [0.4, 0.5) is 0 Å². The fourth-order valence-corrected chi connectivity index (χ4v) is 16.4. The molecule has 0 radical (unpaired) electrons. The molecule has 2 heterocycles. The Morgan fingerprint density at radius 1 is 0.333 bits per heavy atom. The molecular weight excluding hydrogens is 1520 g/mol. The second kappa shape index (κ2) is 70.3. The minimum absolute atomic E-state index is 0.0111. The third-order valence-corrected chi connectivity index (χ3v) is 23.9. The Kier molecular flexibility index (Phi) is 64.9. The van der Waals surface area contributed by atoms with Gasteiger partial charge in [0.05, 0.1) is 13.2 Å². The van der Waals surface area contributed by atoms with E-state index in [4.69, 9.17) is 46.9 Å². The highest BCUT2D eigenvalue weighted by atomic mass is 31.2. The Morgan fingerprint density at radius 3 is 1.03 bits per heavy atom. The fourth-order valence-electron chi connectivity index (χ4n) is 15.4. The van der Waals surface area contributed by atoms with E-state index < -0.39 is 162 Å². The molecular formula is C91H167O25P. The lowest BCUT2D eigenvalue weighted by Crippen LogP contribution is -2.70. The molecule has 0 aromatic carbocycles. The van der Waals surface area contributed by atoms with Crippen molar-refractivity contribution in [3.05, 3.63) is 24.3 Å². The van der Waals surface area contributed by atoms with Crippen LogP contribution in [0.25, 0.3) is 0 Å². The van der Waals surface area contributed by atoms with Gasteiger partial charge < -0.3 is 88.7 Å². The summed E-state index contributed by atoms with van der Waals surface area (Å²) in [6.07, 6.45) is 30.3. The standard InChI is InChI=1S/C91H167O25P/c1-5-9-13-17-21-25-29-33-35-37-41-44-48-52-56-60-64-75(94)108-70-73-79(98)81(100)85(104)91(112-73)115-88-86(113-77(96)66-62-58-54-50-46-42-38-36-34-30-26-22-18-14-10-6-2)82(101)83(102)87(114-90-84(103)80(99)78(97)72(67-92)111-90)89(88)116-117(105,106)109-69-71(110-76(95)65-61-57-53-49-45-40-32-28-24-20-16-12-8-4)68-107-74(93)63-59-55-51-47-43-39-31-27-23-19-15-11-7-3/h39-40,43,45,71-73,78-92,97-104H,5-38,41-42,44,46-70H2,1-4H3,(H,105,106)/b43-39-,45-40-. The first-order valence-electron chi connectivity index (χ1n) is 47.1. The van der Waals surface area contributed by atoms with Gasteiger partial charge in [0.25, 0.3) is 0 Å². The first-order valence-corrected chi connectivity index (χ1v) is 48.6. The van der Waals surface area contributed by atoms with Gasteiger partial charge in [0.1, 0.15) is 92.6 Å². The molecule has 1 saturated carbocycles. The number of ether oxygens (including phenoxy) is 8. The molecule has 3 aliphatic rings. The average molecular weight is 1690 g/mol. The second-order valence-corrected chi connectivity index (χ2v) is 34.9. The quantitative estimate of drug-likeness (QED) is 0.00889. The van der Waals surface area contributed by atoms with Gasteiger partial charge >= 0.3 is 31.7 Å². The molecule has 2 aliphatic heterocycles. The third-order valence-electron chi connectivity index (χ3n) is 22.9. The third kappa shape index (κ3) is 50.5. The van der Waals surface area contributed by atoms with Gasteiger partial charge in [-0.15, -0.1) is 0 Å². The zero-order valence-electron chi connectivity index (χ0n) is 73.0. The molecule has 0 bridgehead atoms. The van der Waals surface area contributed by atoms with Crippen molar-refractivity contribution in [1.82, 2.24) is 0 Å². The van der Waals surface area contributed by atoms with Gasteiger partial charge in [-0.2, -0.15) is 0 Å². The van der Waals surface area contributed by atoms with Crippen LogP contribution in [-0.4, -0.2) is 205 Å². The number of allylic oxidation sites excluding steroid dienone is 4. The summed E-state index contributed by atoms with van der Waals surface area (Å²) < 4.78 is 73.4. The van der Waals surface area contributed by atoms with E-state index in [0.717, 1.165) is 122 Å². The number of carbonyl (C=O) groups excluding carboxylic acids is 4. The topological polar surface area (TPSA) is 380 Å². The van der Waals surface area contributed by atoms with Crippen molar-refractivity contribution >= 4 is 31.7 Å². The van der Waals surface area contributed by atoms with Crippen LogP contribution in [0.15, 0.2) is 24.3 Å². The van der Waals surface area contributed by atoms with Crippen molar-refractivity contribution in [2.24, 2.45) is 0 Å². The molecule has 25 nitrogen and oxygen atoms in total. The van der Waals surface area contributed by atoms with Crippen molar-refractivity contribution in [3.63, 3.8) is 0 Å². The van der Waals surface area contributed by atoms with E-state index in [1.807, 2.05) is 0 Å². The largest absolute Gasteiger partial charge is 0.472 e. The van der Waals surface area contributed by atoms with Crippen LogP contribution >= 0.6 is 7.82 Å². The second-order valence-electron chi connectivity index (χ2n) is 33.5. The Balaban J connectivity index is 1.92. The molecule has 0 spiro atoms. The van der Waals surface area contributed by atoms with E-state index >= 15 is 0 Å². The van der Waals surface area contributed by atoms with Gasteiger partial charge in [-0.25, -0.2) is 4.57 Å². The molecule has 686 valence electrons. The molecule has 3 rings (SSSR count). The number of hydrogen-bond acceptors (Lipinski definition) is 24. The molecule has 26 heteroatoms. The molecule has 18 unspecified atom stereocenters. The summed E-state index contributed by atoms with van der Waals surface area (Å²) in [6, 6.07) is 0. The SMILES string of the molecule is CCCCCCCC/C=C\CCCCCC(=O)OCC(COP(=O)(O)OC1C(OC2OC(CO)C(O)C(O)C2O)C(O)C(O)C(OC(=O)CCCCCCCCCCCCCCCCCC)C1OC1OC(COC(=O)CCCCCCCCCCCCCCCCCC)C(O)C(O)C1O)OC(=O)CCCCC/C=C\CCCCCCCC. The molecule has 10 N–H and O–H groups in total. The van der Waals surface area contributed by atoms with Gasteiger partial charge in [-0.1, -0.05) is 322 Å². The number of phosphoric ester groups is 1. The molecule has 0 aromatic heterocycles.